The minimum absolute atomic E-state index is 0.270. The molecule has 0 bridgehead atoms. The van der Waals surface area contributed by atoms with Crippen molar-refractivity contribution in [3.8, 4) is 11.5 Å². The molecule has 0 amide bonds. The second-order valence-electron chi connectivity index (χ2n) is 6.15. The molecule has 1 saturated heterocycles. The Morgan fingerprint density at radius 1 is 1.30 bits per heavy atom. The van der Waals surface area contributed by atoms with E-state index < -0.39 is 0 Å². The number of aromatic nitrogens is 2. The van der Waals surface area contributed by atoms with E-state index in [1.165, 1.54) is 19.3 Å². The highest BCUT2D eigenvalue weighted by molar-refractivity contribution is 5.45. The van der Waals surface area contributed by atoms with Gasteiger partial charge in [-0.25, -0.2) is 0 Å². The van der Waals surface area contributed by atoms with Crippen LogP contribution in [0.1, 0.15) is 31.2 Å². The second kappa shape index (κ2) is 7.51. The van der Waals surface area contributed by atoms with Gasteiger partial charge in [0.2, 0.25) is 0 Å². The Bertz CT molecular complexity index is 613. The first-order valence-electron chi connectivity index (χ1n) is 8.34. The summed E-state index contributed by atoms with van der Waals surface area (Å²) in [4.78, 5) is 2.49. The molecule has 23 heavy (non-hydrogen) atoms. The third kappa shape index (κ3) is 3.85. The van der Waals surface area contributed by atoms with Crippen molar-refractivity contribution in [3.05, 3.63) is 42.2 Å². The van der Waals surface area contributed by atoms with Crippen molar-refractivity contribution in [2.45, 2.75) is 44.8 Å². The number of para-hydroxylation sites is 1. The fraction of sp³-hybridized carbons (Fsp3) is 0.500. The lowest BCUT2D eigenvalue weighted by Gasteiger charge is -2.36. The first-order valence-corrected chi connectivity index (χ1v) is 8.34. The average molecular weight is 315 g/mol. The molecule has 1 aromatic heterocycles. The number of hydrogen-bond donors (Lipinski definition) is 1. The monoisotopic (exact) mass is 315 g/mol. The zero-order chi connectivity index (χ0) is 16.1. The van der Waals surface area contributed by atoms with Gasteiger partial charge in [-0.15, -0.1) is 0 Å². The smallest absolute Gasteiger partial charge is 0.162 e. The van der Waals surface area contributed by atoms with Crippen LogP contribution < -0.4 is 4.74 Å². The van der Waals surface area contributed by atoms with Crippen molar-refractivity contribution in [1.29, 1.82) is 0 Å². The van der Waals surface area contributed by atoms with E-state index in [9.17, 15) is 5.11 Å². The Morgan fingerprint density at radius 3 is 3.00 bits per heavy atom. The minimum Gasteiger partial charge on any atom is -0.504 e. The van der Waals surface area contributed by atoms with Crippen LogP contribution in [0, 0.1) is 0 Å². The SMILES string of the molecule is COc1cccc(CN2CCCCC2CCn2cccn2)c1O. The van der Waals surface area contributed by atoms with Crippen LogP contribution >= 0.6 is 0 Å². The summed E-state index contributed by atoms with van der Waals surface area (Å²) < 4.78 is 7.21. The summed E-state index contributed by atoms with van der Waals surface area (Å²) in [7, 11) is 1.59. The van der Waals surface area contributed by atoms with Gasteiger partial charge in [-0.3, -0.25) is 9.58 Å². The first kappa shape index (κ1) is 15.9. The molecule has 1 aliphatic heterocycles. The number of hydrogen-bond acceptors (Lipinski definition) is 4. The number of nitrogens with zero attached hydrogens (tertiary/aromatic N) is 3. The van der Waals surface area contributed by atoms with Crippen molar-refractivity contribution in [2.24, 2.45) is 0 Å². The highest BCUT2D eigenvalue weighted by Gasteiger charge is 2.23. The Kier molecular flexibility index (Phi) is 5.18. The standard InChI is InChI=1S/C18H25N3O2/c1-23-17-8-4-6-15(18(17)22)14-20-11-3-2-7-16(20)9-13-21-12-5-10-19-21/h4-6,8,10,12,16,22H,2-3,7,9,11,13-14H2,1H3. The predicted octanol–water partition coefficient (Wildman–Crippen LogP) is 3.04. The summed E-state index contributed by atoms with van der Waals surface area (Å²) in [5, 5.41) is 14.6. The summed E-state index contributed by atoms with van der Waals surface area (Å²) in [5.41, 5.74) is 0.940. The number of likely N-dealkylation sites (tertiary alicyclic amines) is 1. The van der Waals surface area contributed by atoms with Crippen LogP contribution in [0.15, 0.2) is 36.7 Å². The van der Waals surface area contributed by atoms with Gasteiger partial charge >= 0.3 is 0 Å². The van der Waals surface area contributed by atoms with E-state index in [2.05, 4.69) is 10.00 Å². The van der Waals surface area contributed by atoms with Gasteiger partial charge in [0, 0.05) is 37.1 Å². The van der Waals surface area contributed by atoms with Gasteiger partial charge in [-0.05, 0) is 37.9 Å². The molecular weight excluding hydrogens is 290 g/mol. The molecule has 1 unspecified atom stereocenters. The molecule has 2 heterocycles. The van der Waals surface area contributed by atoms with E-state index in [1.54, 1.807) is 13.2 Å². The average Bonchev–Trinajstić information content (AvgIpc) is 3.09. The van der Waals surface area contributed by atoms with E-state index in [0.29, 0.717) is 11.8 Å². The van der Waals surface area contributed by atoms with E-state index in [-0.39, 0.29) is 5.75 Å². The summed E-state index contributed by atoms with van der Waals surface area (Å²) >= 11 is 0. The van der Waals surface area contributed by atoms with Crippen molar-refractivity contribution >= 4 is 0 Å². The molecule has 0 saturated carbocycles. The predicted molar refractivity (Wildman–Crippen MR) is 89.6 cm³/mol. The van der Waals surface area contributed by atoms with E-state index >= 15 is 0 Å². The second-order valence-corrected chi connectivity index (χ2v) is 6.15. The van der Waals surface area contributed by atoms with Crippen LogP contribution in [0.25, 0.3) is 0 Å². The molecule has 0 radical (unpaired) electrons. The van der Waals surface area contributed by atoms with Crippen molar-refractivity contribution in [2.75, 3.05) is 13.7 Å². The summed E-state index contributed by atoms with van der Waals surface area (Å²) in [6.45, 7) is 2.80. The molecule has 1 atom stereocenters. The van der Waals surface area contributed by atoms with Crippen LogP contribution in [-0.2, 0) is 13.1 Å². The number of aromatic hydroxyl groups is 1. The lowest BCUT2D eigenvalue weighted by atomic mass is 9.98. The zero-order valence-electron chi connectivity index (χ0n) is 13.7. The summed E-state index contributed by atoms with van der Waals surface area (Å²) in [5.74, 6) is 0.819. The molecule has 0 spiro atoms. The molecular formula is C18H25N3O2. The maximum Gasteiger partial charge on any atom is 0.162 e. The van der Waals surface area contributed by atoms with E-state index in [4.69, 9.17) is 4.74 Å². The van der Waals surface area contributed by atoms with Crippen molar-refractivity contribution in [1.82, 2.24) is 14.7 Å². The number of methoxy groups -OCH3 is 1. The molecule has 124 valence electrons. The van der Waals surface area contributed by atoms with E-state index in [0.717, 1.165) is 31.6 Å². The Labute approximate surface area is 137 Å². The number of phenols is 1. The molecule has 1 N–H and O–H groups in total. The zero-order valence-corrected chi connectivity index (χ0v) is 13.7. The van der Waals surface area contributed by atoms with Crippen LogP contribution in [-0.4, -0.2) is 39.5 Å². The lowest BCUT2D eigenvalue weighted by molar-refractivity contribution is 0.126. The van der Waals surface area contributed by atoms with Crippen LogP contribution in [0.3, 0.4) is 0 Å². The number of phenolic OH excluding ortho intramolecular Hbond substituents is 1. The first-order chi connectivity index (χ1) is 11.3. The van der Waals surface area contributed by atoms with Crippen LogP contribution in [0.5, 0.6) is 11.5 Å². The third-order valence-electron chi connectivity index (χ3n) is 4.68. The van der Waals surface area contributed by atoms with Gasteiger partial charge in [0.15, 0.2) is 11.5 Å². The number of benzene rings is 1. The maximum absolute atomic E-state index is 10.3. The number of aryl methyl sites for hydroxylation is 1. The van der Waals surface area contributed by atoms with Crippen molar-refractivity contribution < 1.29 is 9.84 Å². The lowest BCUT2D eigenvalue weighted by Crippen LogP contribution is -2.39. The largest absolute Gasteiger partial charge is 0.504 e. The van der Waals surface area contributed by atoms with E-state index in [1.807, 2.05) is 35.3 Å². The number of ether oxygens (including phenoxy) is 1. The quantitative estimate of drug-likeness (QED) is 0.890. The van der Waals surface area contributed by atoms with Gasteiger partial charge in [0.25, 0.3) is 0 Å². The molecule has 0 aliphatic carbocycles. The van der Waals surface area contributed by atoms with Crippen LogP contribution in [0.2, 0.25) is 0 Å². The Balaban J connectivity index is 1.66. The van der Waals surface area contributed by atoms with Gasteiger partial charge in [0.05, 0.1) is 7.11 Å². The van der Waals surface area contributed by atoms with Crippen molar-refractivity contribution in [3.63, 3.8) is 0 Å². The third-order valence-corrected chi connectivity index (χ3v) is 4.68. The molecule has 5 heteroatoms. The number of piperidine rings is 1. The molecule has 1 aliphatic rings. The molecule has 1 fully saturated rings. The highest BCUT2D eigenvalue weighted by atomic mass is 16.5. The minimum atomic E-state index is 0.270. The van der Waals surface area contributed by atoms with Gasteiger partial charge in [0.1, 0.15) is 0 Å². The summed E-state index contributed by atoms with van der Waals surface area (Å²) in [6.07, 6.45) is 8.65. The van der Waals surface area contributed by atoms with Gasteiger partial charge in [-0.1, -0.05) is 18.6 Å². The summed E-state index contributed by atoms with van der Waals surface area (Å²) in [6, 6.07) is 8.23. The molecule has 3 rings (SSSR count). The fourth-order valence-electron chi connectivity index (χ4n) is 3.39. The van der Waals surface area contributed by atoms with Gasteiger partial charge < -0.3 is 9.84 Å². The van der Waals surface area contributed by atoms with Gasteiger partial charge in [-0.2, -0.15) is 5.10 Å². The van der Waals surface area contributed by atoms with Crippen LogP contribution in [0.4, 0.5) is 0 Å². The Morgan fingerprint density at radius 2 is 2.22 bits per heavy atom. The topological polar surface area (TPSA) is 50.5 Å². The normalized spacial score (nSPS) is 18.9. The molecule has 5 nitrogen and oxygen atoms in total. The fourth-order valence-corrected chi connectivity index (χ4v) is 3.39. The highest BCUT2D eigenvalue weighted by Crippen LogP contribution is 2.32. The number of rotatable bonds is 6. The molecule has 1 aromatic carbocycles. The Hall–Kier alpha value is -2.01. The maximum atomic E-state index is 10.3. The molecule has 2 aromatic rings.